The van der Waals surface area contributed by atoms with Gasteiger partial charge in [-0.1, -0.05) is 35.4 Å². The number of amides is 1. The topological polar surface area (TPSA) is 66.9 Å². The Bertz CT molecular complexity index is 789. The number of anilines is 1. The molecule has 0 unspecified atom stereocenters. The molecule has 2 N–H and O–H groups in total. The molecule has 0 aliphatic heterocycles. The summed E-state index contributed by atoms with van der Waals surface area (Å²) in [6.45, 7) is 1.33. The highest BCUT2D eigenvalue weighted by Gasteiger charge is 2.09. The summed E-state index contributed by atoms with van der Waals surface area (Å²) < 4.78 is 0. The summed E-state index contributed by atoms with van der Waals surface area (Å²) in [5, 5.41) is 6.83. The number of carbonyl (C=O) groups excluding carboxylic acids is 1. The molecule has 0 saturated heterocycles. The van der Waals surface area contributed by atoms with Crippen LogP contribution in [-0.4, -0.2) is 29.0 Å². The minimum Gasteiger partial charge on any atom is -0.354 e. The monoisotopic (exact) mass is 384 g/mol. The Morgan fingerprint density at radius 1 is 1.07 bits per heavy atom. The summed E-state index contributed by atoms with van der Waals surface area (Å²) in [7, 11) is 0. The highest BCUT2D eigenvalue weighted by atomic mass is 35.5. The maximum atomic E-state index is 12.3. The number of carbonyl (C=O) groups is 1. The molecule has 3 rings (SSSR count). The van der Waals surface area contributed by atoms with Gasteiger partial charge in [-0.05, 0) is 62.3 Å². The van der Waals surface area contributed by atoms with E-state index in [1.807, 2.05) is 24.3 Å². The van der Waals surface area contributed by atoms with Crippen LogP contribution in [0.3, 0.4) is 0 Å². The smallest absolute Gasteiger partial charge is 0.270 e. The van der Waals surface area contributed by atoms with Crippen LogP contribution in [0.15, 0.2) is 48.2 Å². The summed E-state index contributed by atoms with van der Waals surface area (Å²) in [6.07, 6.45) is 10.7. The maximum Gasteiger partial charge on any atom is 0.270 e. The van der Waals surface area contributed by atoms with Crippen molar-refractivity contribution in [1.82, 2.24) is 15.3 Å². The number of nitrogens with zero attached hydrogens (tertiary/aromatic N) is 2. The van der Waals surface area contributed by atoms with E-state index in [1.165, 1.54) is 31.3 Å². The van der Waals surface area contributed by atoms with Gasteiger partial charge in [-0.15, -0.1) is 0 Å². The van der Waals surface area contributed by atoms with E-state index in [-0.39, 0.29) is 5.91 Å². The molecule has 0 bridgehead atoms. The van der Waals surface area contributed by atoms with Gasteiger partial charge in [0.2, 0.25) is 5.95 Å². The van der Waals surface area contributed by atoms with Crippen molar-refractivity contribution in [2.45, 2.75) is 38.5 Å². The van der Waals surface area contributed by atoms with Gasteiger partial charge in [0, 0.05) is 24.3 Å². The second kappa shape index (κ2) is 10.1. The fourth-order valence-corrected chi connectivity index (χ4v) is 3.22. The van der Waals surface area contributed by atoms with Gasteiger partial charge >= 0.3 is 0 Å². The fraction of sp³-hybridized carbons (Fsp3) is 0.381. The van der Waals surface area contributed by atoms with Gasteiger partial charge in [0.05, 0.1) is 0 Å². The van der Waals surface area contributed by atoms with E-state index in [0.717, 1.165) is 24.9 Å². The van der Waals surface area contributed by atoms with Crippen LogP contribution in [-0.2, 0) is 6.42 Å². The van der Waals surface area contributed by atoms with Gasteiger partial charge in [0.25, 0.3) is 5.91 Å². The fourth-order valence-electron chi connectivity index (χ4n) is 3.10. The first-order valence-electron chi connectivity index (χ1n) is 9.48. The summed E-state index contributed by atoms with van der Waals surface area (Å²) in [5.74, 6) is 0.307. The summed E-state index contributed by atoms with van der Waals surface area (Å²) in [6, 6.07) is 9.26. The molecule has 1 aromatic carbocycles. The summed E-state index contributed by atoms with van der Waals surface area (Å²) >= 11 is 5.88. The second-order valence-electron chi connectivity index (χ2n) is 6.68. The molecule has 0 atom stereocenters. The minimum atomic E-state index is -0.190. The van der Waals surface area contributed by atoms with E-state index in [4.69, 9.17) is 11.6 Å². The number of rotatable bonds is 8. The number of benzene rings is 1. The Morgan fingerprint density at radius 2 is 1.93 bits per heavy atom. The van der Waals surface area contributed by atoms with Gasteiger partial charge in [0.1, 0.15) is 5.69 Å². The zero-order valence-electron chi connectivity index (χ0n) is 15.4. The first-order chi connectivity index (χ1) is 13.2. The molecule has 6 heteroatoms. The number of nitrogens with one attached hydrogen (secondary N) is 2. The number of hydrogen-bond acceptors (Lipinski definition) is 4. The molecular formula is C21H25ClN4O. The Morgan fingerprint density at radius 3 is 2.70 bits per heavy atom. The third-order valence-electron chi connectivity index (χ3n) is 4.61. The first kappa shape index (κ1) is 19.4. The van der Waals surface area contributed by atoms with E-state index in [2.05, 4.69) is 26.7 Å². The van der Waals surface area contributed by atoms with E-state index >= 15 is 0 Å². The van der Waals surface area contributed by atoms with E-state index in [9.17, 15) is 4.79 Å². The zero-order chi connectivity index (χ0) is 18.9. The van der Waals surface area contributed by atoms with Gasteiger partial charge in [0.15, 0.2) is 0 Å². The zero-order valence-corrected chi connectivity index (χ0v) is 16.1. The lowest BCUT2D eigenvalue weighted by atomic mass is 9.97. The molecule has 0 saturated carbocycles. The van der Waals surface area contributed by atoms with Crippen LogP contribution in [0, 0.1) is 0 Å². The molecule has 1 aliphatic carbocycles. The maximum absolute atomic E-state index is 12.3. The van der Waals surface area contributed by atoms with Crippen molar-refractivity contribution >= 4 is 23.5 Å². The molecule has 27 heavy (non-hydrogen) atoms. The summed E-state index contributed by atoms with van der Waals surface area (Å²) in [4.78, 5) is 20.8. The van der Waals surface area contributed by atoms with Crippen LogP contribution in [0.5, 0.6) is 0 Å². The molecular weight excluding hydrogens is 360 g/mol. The molecule has 1 amide bonds. The summed E-state index contributed by atoms with van der Waals surface area (Å²) in [5.41, 5.74) is 3.01. The lowest BCUT2D eigenvalue weighted by Gasteiger charge is -2.13. The molecule has 0 radical (unpaired) electrons. The number of aromatic nitrogens is 2. The third kappa shape index (κ3) is 6.36. The largest absolute Gasteiger partial charge is 0.354 e. The predicted molar refractivity (Wildman–Crippen MR) is 109 cm³/mol. The molecule has 142 valence electrons. The molecule has 2 aromatic rings. The van der Waals surface area contributed by atoms with Gasteiger partial charge in [-0.2, -0.15) is 0 Å². The van der Waals surface area contributed by atoms with E-state index in [1.54, 1.807) is 12.3 Å². The third-order valence-corrected chi connectivity index (χ3v) is 4.87. The average Bonchev–Trinajstić information content (AvgIpc) is 2.70. The quantitative estimate of drug-likeness (QED) is 0.662. The van der Waals surface area contributed by atoms with Crippen LogP contribution in [0.2, 0.25) is 5.02 Å². The first-order valence-corrected chi connectivity index (χ1v) is 9.86. The Labute approximate surface area is 165 Å². The molecule has 0 fully saturated rings. The van der Waals surface area contributed by atoms with E-state index < -0.39 is 0 Å². The Hall–Kier alpha value is -2.40. The highest BCUT2D eigenvalue weighted by Crippen LogP contribution is 2.19. The standard InChI is InChI=1S/C21H25ClN4O/c22-18-8-6-17(7-9-18)10-13-23-20(27)19-12-15-25-21(26-19)24-14-11-16-4-2-1-3-5-16/h4,6-9,12,15H,1-3,5,10-11,13-14H2,(H,23,27)(H,24,25,26). The molecule has 1 aliphatic rings. The van der Waals surface area contributed by atoms with Crippen molar-refractivity contribution in [1.29, 1.82) is 0 Å². The molecule has 1 heterocycles. The van der Waals surface area contributed by atoms with Crippen LogP contribution < -0.4 is 10.6 Å². The van der Waals surface area contributed by atoms with Crippen molar-refractivity contribution in [3.63, 3.8) is 0 Å². The van der Waals surface area contributed by atoms with E-state index in [0.29, 0.717) is 23.2 Å². The molecule has 5 nitrogen and oxygen atoms in total. The SMILES string of the molecule is O=C(NCCc1ccc(Cl)cc1)c1ccnc(NCCC2=CCCCC2)n1. The highest BCUT2D eigenvalue weighted by molar-refractivity contribution is 6.30. The van der Waals surface area contributed by atoms with Crippen molar-refractivity contribution in [3.8, 4) is 0 Å². The van der Waals surface area contributed by atoms with Crippen molar-refractivity contribution in [2.24, 2.45) is 0 Å². The number of allylic oxidation sites excluding steroid dienone is 1. The van der Waals surface area contributed by atoms with Crippen molar-refractivity contribution in [2.75, 3.05) is 18.4 Å². The van der Waals surface area contributed by atoms with Gasteiger partial charge < -0.3 is 10.6 Å². The lowest BCUT2D eigenvalue weighted by Crippen LogP contribution is -2.27. The molecule has 1 aromatic heterocycles. The van der Waals surface area contributed by atoms with Crippen LogP contribution in [0.4, 0.5) is 5.95 Å². The number of halogens is 1. The normalized spacial score (nSPS) is 13.7. The molecule has 0 spiro atoms. The van der Waals surface area contributed by atoms with Crippen LogP contribution >= 0.6 is 11.6 Å². The average molecular weight is 385 g/mol. The van der Waals surface area contributed by atoms with Gasteiger partial charge in [-0.3, -0.25) is 4.79 Å². The second-order valence-corrected chi connectivity index (χ2v) is 7.12. The Balaban J connectivity index is 1.44. The minimum absolute atomic E-state index is 0.190. The Kier molecular flexibility index (Phi) is 7.22. The van der Waals surface area contributed by atoms with Crippen molar-refractivity contribution < 1.29 is 4.79 Å². The van der Waals surface area contributed by atoms with Crippen LogP contribution in [0.1, 0.15) is 48.2 Å². The predicted octanol–water partition coefficient (Wildman–Crippen LogP) is 4.40. The lowest BCUT2D eigenvalue weighted by molar-refractivity contribution is 0.0949. The van der Waals surface area contributed by atoms with Gasteiger partial charge in [-0.25, -0.2) is 9.97 Å². The number of hydrogen-bond donors (Lipinski definition) is 2. The van der Waals surface area contributed by atoms with Crippen molar-refractivity contribution in [3.05, 3.63) is 64.5 Å². The van der Waals surface area contributed by atoms with Crippen LogP contribution in [0.25, 0.3) is 0 Å².